The lowest BCUT2D eigenvalue weighted by atomic mass is 9.56. The van der Waals surface area contributed by atoms with Crippen LogP contribution in [-0.2, 0) is 20.9 Å². The molecule has 0 bridgehead atoms. The van der Waals surface area contributed by atoms with Crippen LogP contribution >= 0.6 is 0 Å². The number of carbonyl (C=O) groups is 3. The Hall–Kier alpha value is -5.47. The van der Waals surface area contributed by atoms with Gasteiger partial charge in [0.15, 0.2) is 5.82 Å². The van der Waals surface area contributed by atoms with Crippen molar-refractivity contribution in [3.63, 3.8) is 0 Å². The van der Waals surface area contributed by atoms with E-state index in [1.807, 2.05) is 39.0 Å². The molecular formula is C57H80N10O6. The van der Waals surface area contributed by atoms with Crippen molar-refractivity contribution >= 4 is 29.2 Å². The number of benzene rings is 2. The molecule has 4 aliphatic heterocycles. The van der Waals surface area contributed by atoms with Gasteiger partial charge in [0.2, 0.25) is 17.7 Å². The van der Waals surface area contributed by atoms with Crippen molar-refractivity contribution in [2.24, 2.45) is 16.7 Å². The van der Waals surface area contributed by atoms with E-state index in [4.69, 9.17) is 11.2 Å². The molecular weight excluding hydrogens is 921 g/mol. The van der Waals surface area contributed by atoms with Gasteiger partial charge < -0.3 is 50.5 Å². The number of aliphatic hydroxyl groups excluding tert-OH is 1. The minimum Gasteiger partial charge on any atom is -0.507 e. The van der Waals surface area contributed by atoms with Gasteiger partial charge in [-0.25, -0.2) is 0 Å². The van der Waals surface area contributed by atoms with Crippen LogP contribution < -0.4 is 25.6 Å². The van der Waals surface area contributed by atoms with Gasteiger partial charge in [-0.1, -0.05) is 44.9 Å². The number of ether oxygens (including phenoxy) is 1. The lowest BCUT2D eigenvalue weighted by molar-refractivity contribution is -0.145. The Bertz CT molecular complexity index is 2450. The molecule has 5 heterocycles. The number of β-amino-alcohol motifs (C(OH)–C–C–N with tert-alkyl or cyclic N) is 1. The van der Waals surface area contributed by atoms with Crippen LogP contribution in [-0.4, -0.2) is 167 Å². The number of likely N-dealkylation sites (tertiary alicyclic amines) is 3. The Morgan fingerprint density at radius 1 is 0.849 bits per heavy atom. The van der Waals surface area contributed by atoms with E-state index in [1.165, 1.54) is 56.5 Å². The minimum absolute atomic E-state index is 0.0276. The minimum atomic E-state index is -0.868. The first-order valence-corrected chi connectivity index (χ1v) is 27.2. The second kappa shape index (κ2) is 22.6. The molecule has 73 heavy (non-hydrogen) atoms. The number of aliphatic hydroxyl groups is 1. The van der Waals surface area contributed by atoms with Gasteiger partial charge in [-0.3, -0.25) is 19.3 Å². The van der Waals surface area contributed by atoms with E-state index in [2.05, 4.69) is 64.7 Å². The molecule has 3 amide bonds. The third-order valence-electron chi connectivity index (χ3n) is 17.4. The second-order valence-corrected chi connectivity index (χ2v) is 23.0. The van der Waals surface area contributed by atoms with Gasteiger partial charge in [-0.2, -0.15) is 0 Å². The first-order chi connectivity index (χ1) is 35.1. The van der Waals surface area contributed by atoms with Crippen LogP contribution in [0.25, 0.3) is 11.3 Å². The number of methoxy groups -OCH3 is 1. The highest BCUT2D eigenvalue weighted by atomic mass is 16.5. The average Bonchev–Trinajstić information content (AvgIpc) is 3.80. The van der Waals surface area contributed by atoms with Crippen molar-refractivity contribution in [2.75, 3.05) is 82.8 Å². The maximum Gasteiger partial charge on any atom is 0.246 e. The predicted molar refractivity (Wildman–Crippen MR) is 284 cm³/mol. The molecule has 394 valence electrons. The van der Waals surface area contributed by atoms with Crippen molar-refractivity contribution in [3.05, 3.63) is 59.7 Å². The maximum atomic E-state index is 14.3. The van der Waals surface area contributed by atoms with Crippen molar-refractivity contribution in [1.82, 2.24) is 40.4 Å². The number of rotatable bonds is 14. The maximum absolute atomic E-state index is 14.3. The van der Waals surface area contributed by atoms with Crippen LogP contribution in [0.1, 0.15) is 109 Å². The van der Waals surface area contributed by atoms with Crippen LogP contribution in [0.5, 0.6) is 11.5 Å². The van der Waals surface area contributed by atoms with Gasteiger partial charge in [-0.15, -0.1) is 16.6 Å². The smallest absolute Gasteiger partial charge is 0.246 e. The molecule has 2 saturated carbocycles. The summed E-state index contributed by atoms with van der Waals surface area (Å²) < 4.78 is 5.49. The van der Waals surface area contributed by atoms with Gasteiger partial charge in [-0.05, 0) is 138 Å². The van der Waals surface area contributed by atoms with Gasteiger partial charge in [0, 0.05) is 93.0 Å². The van der Waals surface area contributed by atoms with Crippen molar-refractivity contribution in [3.8, 4) is 35.1 Å². The summed E-state index contributed by atoms with van der Waals surface area (Å²) in [7, 11) is 1.55. The van der Waals surface area contributed by atoms with E-state index in [0.29, 0.717) is 46.1 Å². The summed E-state index contributed by atoms with van der Waals surface area (Å²) in [6.45, 7) is 17.4. The van der Waals surface area contributed by atoms with E-state index >= 15 is 0 Å². The third kappa shape index (κ3) is 11.8. The third-order valence-corrected chi connectivity index (χ3v) is 17.4. The summed E-state index contributed by atoms with van der Waals surface area (Å²) in [4.78, 5) is 54.0. The molecule has 4 saturated heterocycles. The van der Waals surface area contributed by atoms with Crippen LogP contribution in [0, 0.1) is 29.1 Å². The molecule has 6 fully saturated rings. The zero-order valence-electron chi connectivity index (χ0n) is 44.0. The largest absolute Gasteiger partial charge is 0.507 e. The number of para-hydroxylation sites is 1. The summed E-state index contributed by atoms with van der Waals surface area (Å²) in [5, 5.41) is 39.7. The Morgan fingerprint density at radius 3 is 2.11 bits per heavy atom. The molecule has 2 aromatic carbocycles. The van der Waals surface area contributed by atoms with Crippen molar-refractivity contribution < 1.29 is 29.3 Å². The lowest BCUT2D eigenvalue weighted by Crippen LogP contribution is -2.59. The summed E-state index contributed by atoms with van der Waals surface area (Å²) in [6.07, 6.45) is 15.9. The van der Waals surface area contributed by atoms with E-state index < -0.39 is 23.6 Å². The van der Waals surface area contributed by atoms with Gasteiger partial charge >= 0.3 is 0 Å². The van der Waals surface area contributed by atoms with Crippen LogP contribution in [0.2, 0.25) is 0 Å². The molecule has 3 aromatic rings. The molecule has 16 heteroatoms. The summed E-state index contributed by atoms with van der Waals surface area (Å²) in [6, 6.07) is 14.9. The number of hydrogen-bond acceptors (Lipinski definition) is 13. The number of carbonyl (C=O) groups excluding carboxylic acids is 3. The average molecular weight is 1000 g/mol. The molecule has 1 aromatic heterocycles. The number of amides is 3. The Morgan fingerprint density at radius 2 is 1.49 bits per heavy atom. The van der Waals surface area contributed by atoms with Gasteiger partial charge in [0.25, 0.3) is 0 Å². The number of piperazine rings is 1. The summed E-state index contributed by atoms with van der Waals surface area (Å²) in [5.74, 6) is 3.19. The van der Waals surface area contributed by atoms with E-state index in [1.54, 1.807) is 31.4 Å². The Kier molecular flexibility index (Phi) is 16.2. The number of phenols is 1. The van der Waals surface area contributed by atoms with Gasteiger partial charge in [0.05, 0.1) is 24.6 Å². The number of anilines is 2. The number of nitrogens with one attached hydrogen (secondary N) is 3. The lowest BCUT2D eigenvalue weighted by Gasteiger charge is -2.56. The monoisotopic (exact) mass is 1000 g/mol. The fourth-order valence-corrected chi connectivity index (χ4v) is 13.1. The number of aromatic nitrogens is 2. The number of terminal acetylenes is 1. The van der Waals surface area contributed by atoms with E-state index in [-0.39, 0.29) is 48.9 Å². The molecule has 6 aliphatic rings. The summed E-state index contributed by atoms with van der Waals surface area (Å²) >= 11 is 0. The molecule has 3 atom stereocenters. The Balaban J connectivity index is 0.691. The normalized spacial score (nSPS) is 26.2. The molecule has 0 unspecified atom stereocenters. The molecule has 16 nitrogen and oxygen atoms in total. The quantitative estimate of drug-likeness (QED) is 0.129. The predicted octanol–water partition coefficient (Wildman–Crippen LogP) is 5.47. The fraction of sp³-hybridized carbons (Fsp3) is 0.632. The number of aromatic hydroxyl groups is 1. The van der Waals surface area contributed by atoms with E-state index in [9.17, 15) is 24.6 Å². The molecule has 2 aliphatic carbocycles. The van der Waals surface area contributed by atoms with Crippen LogP contribution in [0.3, 0.4) is 0 Å². The van der Waals surface area contributed by atoms with Crippen molar-refractivity contribution in [1.29, 1.82) is 0 Å². The highest BCUT2D eigenvalue weighted by Crippen LogP contribution is 2.55. The molecule has 0 radical (unpaired) electrons. The zero-order chi connectivity index (χ0) is 51.4. The van der Waals surface area contributed by atoms with Crippen LogP contribution in [0.15, 0.2) is 48.5 Å². The first kappa shape index (κ1) is 52.4. The molecule has 9 rings (SSSR count). The topological polar surface area (TPSA) is 179 Å². The Labute approximate surface area is 433 Å². The van der Waals surface area contributed by atoms with Crippen molar-refractivity contribution in [2.45, 2.75) is 141 Å². The fourth-order valence-electron chi connectivity index (χ4n) is 13.1. The molecule has 1 spiro atoms. The number of phenolic OH excluding ortho intramolecular Hbond substituents is 1. The highest BCUT2D eigenvalue weighted by molar-refractivity contribution is 5.93. The SMILES string of the molecule is C#Cc1ccc(CNC(=O)[C@@H]2C[C@@H](O)CN2C(=O)[C@@H](NC(=O)[C@H]2CCC3(CC2)C[C@H](N2CCC(N4CCC(N5CCN(c6cc(-c7ccccc7O)nnc6NCC)CC5)CC4)CC2)C3)C(C)(C)C)c(OC)c1. The number of nitrogens with zero attached hydrogens (tertiary/aromatic N) is 7. The number of piperidine rings is 2. The second-order valence-electron chi connectivity index (χ2n) is 23.0. The standard InChI is InChI=1S/C57H80N10O6/c1-7-38-13-14-40(50(31-38)73-6)36-59-54(71)48-32-44(68)37-67(48)55(72)51(56(3,4)5)60-53(70)39-15-21-57(22-16-39)34-43(35-57)64-25-19-41(20-26-64)63-23-17-42(18-24-63)65-27-29-66(30-28-65)47-33-46(61-62-52(47)58-8-2)45-11-9-10-12-49(45)69/h1,9-14,31,33,39,41-44,48,51,68-69H,8,15-30,32,34-37H2,2-6H3,(H,58,62)(H,59,71)(H,60,70)/t39-,43-,44-,48+,51-,57?/m1/s1. The van der Waals surface area contributed by atoms with Gasteiger partial charge in [0.1, 0.15) is 23.6 Å². The highest BCUT2D eigenvalue weighted by Gasteiger charge is 2.50. The molecule has 5 N–H and O–H groups in total. The summed E-state index contributed by atoms with van der Waals surface area (Å²) in [5.41, 5.74) is 3.52. The number of hydrogen-bond donors (Lipinski definition) is 5. The van der Waals surface area contributed by atoms with E-state index in [0.717, 1.165) is 88.6 Å². The van der Waals surface area contributed by atoms with Crippen LogP contribution in [0.4, 0.5) is 11.5 Å². The first-order valence-electron chi connectivity index (χ1n) is 27.2. The zero-order valence-corrected chi connectivity index (χ0v) is 44.0.